The molecule has 1 rings (SSSR count). The number of anilines is 1. The van der Waals surface area contributed by atoms with E-state index < -0.39 is 0 Å². The summed E-state index contributed by atoms with van der Waals surface area (Å²) in [5, 5.41) is 9.82. The number of rotatable bonds is 5. The van der Waals surface area contributed by atoms with Gasteiger partial charge in [0.2, 0.25) is 11.8 Å². The maximum atomic E-state index is 11.6. The van der Waals surface area contributed by atoms with Gasteiger partial charge >= 0.3 is 6.01 Å². The van der Waals surface area contributed by atoms with E-state index in [1.54, 1.807) is 6.92 Å². The summed E-state index contributed by atoms with van der Waals surface area (Å²) in [6, 6.07) is 0.132. The average Bonchev–Trinajstić information content (AvgIpc) is 2.60. The summed E-state index contributed by atoms with van der Waals surface area (Å²) >= 11 is 0. The molecular formula is C9H16N4O2. The molecule has 6 nitrogen and oxygen atoms in total. The number of carbonyl (C=O) groups excluding carboxylic acids is 1. The predicted octanol–water partition coefficient (Wildman–Crippen LogP) is 0.692. The van der Waals surface area contributed by atoms with E-state index in [1.807, 2.05) is 6.92 Å². The van der Waals surface area contributed by atoms with Gasteiger partial charge < -0.3 is 10.2 Å². The van der Waals surface area contributed by atoms with Crippen LogP contribution in [0, 0.1) is 12.8 Å². The largest absolute Gasteiger partial charge is 0.408 e. The molecule has 1 atom stereocenters. The van der Waals surface area contributed by atoms with Crippen LogP contribution in [0.1, 0.15) is 25.7 Å². The van der Waals surface area contributed by atoms with E-state index in [1.165, 1.54) is 0 Å². The van der Waals surface area contributed by atoms with Crippen molar-refractivity contribution in [3.8, 4) is 0 Å². The molecule has 6 heteroatoms. The lowest BCUT2D eigenvalue weighted by atomic mass is 10.0. The Kier molecular flexibility index (Phi) is 4.23. The Morgan fingerprint density at radius 1 is 1.60 bits per heavy atom. The van der Waals surface area contributed by atoms with Crippen molar-refractivity contribution in [2.45, 2.75) is 26.7 Å². The lowest BCUT2D eigenvalue weighted by Crippen LogP contribution is -2.29. The molecule has 1 amide bonds. The second-order valence-electron chi connectivity index (χ2n) is 3.34. The Hall–Kier alpha value is -1.43. The van der Waals surface area contributed by atoms with Crippen molar-refractivity contribution in [2.75, 3.05) is 11.9 Å². The van der Waals surface area contributed by atoms with Gasteiger partial charge in [-0.3, -0.25) is 10.1 Å². The van der Waals surface area contributed by atoms with Gasteiger partial charge in [-0.15, -0.1) is 5.10 Å². The van der Waals surface area contributed by atoms with Crippen molar-refractivity contribution in [1.29, 1.82) is 0 Å². The second-order valence-corrected chi connectivity index (χ2v) is 3.34. The Bertz CT molecular complexity index is 324. The third-order valence-corrected chi connectivity index (χ3v) is 2.05. The smallest absolute Gasteiger partial charge is 0.322 e. The summed E-state index contributed by atoms with van der Waals surface area (Å²) in [5.41, 5.74) is 5.49. The Labute approximate surface area is 88.2 Å². The highest BCUT2D eigenvalue weighted by atomic mass is 16.4. The van der Waals surface area contributed by atoms with E-state index in [2.05, 4.69) is 15.5 Å². The summed E-state index contributed by atoms with van der Waals surface area (Å²) in [6.45, 7) is 3.99. The minimum absolute atomic E-state index is 0.132. The molecule has 1 aromatic heterocycles. The first kappa shape index (κ1) is 11.6. The van der Waals surface area contributed by atoms with Gasteiger partial charge in [0.25, 0.3) is 0 Å². The summed E-state index contributed by atoms with van der Waals surface area (Å²) in [7, 11) is 0. The first-order valence-corrected chi connectivity index (χ1v) is 4.98. The van der Waals surface area contributed by atoms with Crippen molar-refractivity contribution in [3.05, 3.63) is 5.89 Å². The predicted molar refractivity (Wildman–Crippen MR) is 55.1 cm³/mol. The zero-order valence-corrected chi connectivity index (χ0v) is 8.99. The molecule has 0 aliphatic heterocycles. The molecule has 0 spiro atoms. The van der Waals surface area contributed by atoms with E-state index in [-0.39, 0.29) is 17.8 Å². The first-order chi connectivity index (χ1) is 7.17. The number of nitrogens with zero attached hydrogens (tertiary/aromatic N) is 2. The molecule has 1 unspecified atom stereocenters. The minimum atomic E-state index is -0.192. The quantitative estimate of drug-likeness (QED) is 0.748. The molecule has 0 aliphatic rings. The van der Waals surface area contributed by atoms with Gasteiger partial charge in [-0.25, -0.2) is 0 Å². The standard InChI is InChI=1S/C9H16N4O2/c1-3-4-7(5-10)8(14)11-9-13-12-6(2)15-9/h7H,3-5,10H2,1-2H3,(H,11,13,14). The molecule has 0 bridgehead atoms. The number of nitrogens with one attached hydrogen (secondary N) is 1. The lowest BCUT2D eigenvalue weighted by molar-refractivity contribution is -0.119. The summed E-state index contributed by atoms with van der Waals surface area (Å²) in [4.78, 5) is 11.6. The zero-order valence-electron chi connectivity index (χ0n) is 8.99. The molecule has 0 fully saturated rings. The number of aryl methyl sites for hydroxylation is 1. The first-order valence-electron chi connectivity index (χ1n) is 4.98. The van der Waals surface area contributed by atoms with E-state index in [0.717, 1.165) is 12.8 Å². The number of aromatic nitrogens is 2. The Morgan fingerprint density at radius 3 is 2.80 bits per heavy atom. The second kappa shape index (κ2) is 5.45. The molecule has 0 aliphatic carbocycles. The molecule has 84 valence electrons. The van der Waals surface area contributed by atoms with E-state index in [4.69, 9.17) is 10.2 Å². The van der Waals surface area contributed by atoms with E-state index >= 15 is 0 Å². The van der Waals surface area contributed by atoms with E-state index in [0.29, 0.717) is 12.4 Å². The molecule has 15 heavy (non-hydrogen) atoms. The molecule has 0 radical (unpaired) electrons. The number of nitrogens with two attached hydrogens (primary N) is 1. The SMILES string of the molecule is CCCC(CN)C(=O)Nc1nnc(C)o1. The van der Waals surface area contributed by atoms with Crippen LogP contribution in [0.5, 0.6) is 0 Å². The van der Waals surface area contributed by atoms with Crippen molar-refractivity contribution in [3.63, 3.8) is 0 Å². The van der Waals surface area contributed by atoms with Crippen molar-refractivity contribution >= 4 is 11.9 Å². The highest BCUT2D eigenvalue weighted by molar-refractivity contribution is 5.90. The van der Waals surface area contributed by atoms with Gasteiger partial charge in [0.1, 0.15) is 0 Å². The fraction of sp³-hybridized carbons (Fsp3) is 0.667. The van der Waals surface area contributed by atoms with E-state index in [9.17, 15) is 4.79 Å². The van der Waals surface area contributed by atoms with Crippen LogP contribution >= 0.6 is 0 Å². The van der Waals surface area contributed by atoms with Gasteiger partial charge in [0.05, 0.1) is 5.92 Å². The number of amides is 1. The third kappa shape index (κ3) is 3.32. The third-order valence-electron chi connectivity index (χ3n) is 2.05. The fourth-order valence-corrected chi connectivity index (χ4v) is 1.26. The van der Waals surface area contributed by atoms with Crippen molar-refractivity contribution in [2.24, 2.45) is 11.7 Å². The van der Waals surface area contributed by atoms with Crippen LogP contribution in [0.25, 0.3) is 0 Å². The Morgan fingerprint density at radius 2 is 2.33 bits per heavy atom. The molecule has 1 heterocycles. The van der Waals surface area contributed by atoms with Gasteiger partial charge in [-0.2, -0.15) is 0 Å². The van der Waals surface area contributed by atoms with Crippen LogP contribution in [0.3, 0.4) is 0 Å². The minimum Gasteiger partial charge on any atom is -0.408 e. The monoisotopic (exact) mass is 212 g/mol. The zero-order chi connectivity index (χ0) is 11.3. The molecular weight excluding hydrogens is 196 g/mol. The van der Waals surface area contributed by atoms with Crippen molar-refractivity contribution < 1.29 is 9.21 Å². The van der Waals surface area contributed by atoms with Gasteiger partial charge in [0.15, 0.2) is 0 Å². The van der Waals surface area contributed by atoms with Crippen molar-refractivity contribution in [1.82, 2.24) is 10.2 Å². The average molecular weight is 212 g/mol. The fourth-order valence-electron chi connectivity index (χ4n) is 1.26. The van der Waals surface area contributed by atoms with Gasteiger partial charge in [0, 0.05) is 13.5 Å². The van der Waals surface area contributed by atoms with Gasteiger partial charge in [-0.05, 0) is 6.42 Å². The van der Waals surface area contributed by atoms with Crippen LogP contribution in [0.4, 0.5) is 6.01 Å². The summed E-state index contributed by atoms with van der Waals surface area (Å²) in [5.74, 6) is 0.0651. The van der Waals surface area contributed by atoms with Crippen LogP contribution in [0.15, 0.2) is 4.42 Å². The van der Waals surface area contributed by atoms with Gasteiger partial charge in [-0.1, -0.05) is 18.4 Å². The number of hydrogen-bond donors (Lipinski definition) is 2. The summed E-state index contributed by atoms with van der Waals surface area (Å²) in [6.07, 6.45) is 1.67. The Balaban J connectivity index is 2.53. The molecule has 3 N–H and O–H groups in total. The maximum absolute atomic E-state index is 11.6. The normalized spacial score (nSPS) is 12.5. The molecule has 0 saturated carbocycles. The molecule has 0 saturated heterocycles. The number of hydrogen-bond acceptors (Lipinski definition) is 5. The van der Waals surface area contributed by atoms with Crippen LogP contribution in [0.2, 0.25) is 0 Å². The molecule has 0 aromatic carbocycles. The summed E-state index contributed by atoms with van der Waals surface area (Å²) < 4.78 is 5.03. The van der Waals surface area contributed by atoms with Crippen LogP contribution < -0.4 is 11.1 Å². The topological polar surface area (TPSA) is 94.0 Å². The molecule has 1 aromatic rings. The van der Waals surface area contributed by atoms with Crippen LogP contribution in [-0.2, 0) is 4.79 Å². The number of carbonyl (C=O) groups is 1. The highest BCUT2D eigenvalue weighted by Crippen LogP contribution is 2.09. The van der Waals surface area contributed by atoms with Crippen LogP contribution in [-0.4, -0.2) is 22.6 Å². The highest BCUT2D eigenvalue weighted by Gasteiger charge is 2.17. The lowest BCUT2D eigenvalue weighted by Gasteiger charge is -2.11. The maximum Gasteiger partial charge on any atom is 0.322 e.